The number of rotatable bonds is 8. The van der Waals surface area contributed by atoms with Gasteiger partial charge in [0.25, 0.3) is 0 Å². The van der Waals surface area contributed by atoms with E-state index in [1.54, 1.807) is 9.96 Å². The van der Waals surface area contributed by atoms with Crippen LogP contribution >= 0.6 is 22.6 Å². The fourth-order valence-corrected chi connectivity index (χ4v) is 8.94. The minimum absolute atomic E-state index is 0.0882. The summed E-state index contributed by atoms with van der Waals surface area (Å²) in [4.78, 5) is 51.0. The highest BCUT2D eigenvalue weighted by atomic mass is 127. The monoisotopic (exact) mass is 765 g/mol. The Morgan fingerprint density at radius 2 is 1.67 bits per heavy atom. The maximum absolute atomic E-state index is 15.2. The second-order valence-corrected chi connectivity index (χ2v) is 14.3. The van der Waals surface area contributed by atoms with E-state index in [9.17, 15) is 14.7 Å². The number of esters is 1. The lowest BCUT2D eigenvalue weighted by Crippen LogP contribution is -2.70. The molecule has 4 saturated heterocycles. The van der Waals surface area contributed by atoms with Crippen molar-refractivity contribution in [2.45, 2.75) is 68.1 Å². The third-order valence-corrected chi connectivity index (χ3v) is 11.0. The number of nitrogens with one attached hydrogen (secondary N) is 1. The van der Waals surface area contributed by atoms with E-state index in [2.05, 4.69) is 27.9 Å². The number of likely N-dealkylation sites (tertiary alicyclic amines) is 1. The van der Waals surface area contributed by atoms with Gasteiger partial charge in [-0.2, -0.15) is 5.06 Å². The first-order valence-corrected chi connectivity index (χ1v) is 17.5. The van der Waals surface area contributed by atoms with Gasteiger partial charge in [-0.1, -0.05) is 72.8 Å². The predicted octanol–water partition coefficient (Wildman–Crippen LogP) is 2.88. The molecule has 3 aromatic carbocycles. The first kappa shape index (κ1) is 31.8. The minimum atomic E-state index is -1.41. The Morgan fingerprint density at radius 1 is 0.958 bits per heavy atom. The number of benzene rings is 3. The van der Waals surface area contributed by atoms with Crippen molar-refractivity contribution in [1.82, 2.24) is 15.3 Å². The zero-order chi connectivity index (χ0) is 33.0. The molecule has 4 aliphatic heterocycles. The van der Waals surface area contributed by atoms with Crippen molar-refractivity contribution in [2.75, 3.05) is 19.7 Å². The molecule has 12 heteroatoms. The molecule has 7 atom stereocenters. The number of hydroxylamine groups is 2. The highest BCUT2D eigenvalue weighted by Gasteiger charge is 2.77. The number of halogens is 1. The van der Waals surface area contributed by atoms with Crippen LogP contribution in [0.3, 0.4) is 0 Å². The summed E-state index contributed by atoms with van der Waals surface area (Å²) in [5, 5.41) is 13.6. The molecule has 250 valence electrons. The fraction of sp³-hybridized carbons (Fsp3) is 0.417. The molecule has 1 aliphatic carbocycles. The number of nitrogens with zero attached hydrogens (tertiary/aromatic N) is 2. The minimum Gasteiger partial charge on any atom is -0.458 e. The van der Waals surface area contributed by atoms with Crippen molar-refractivity contribution in [2.24, 2.45) is 5.41 Å². The van der Waals surface area contributed by atoms with Gasteiger partial charge in [0.15, 0.2) is 6.04 Å². The molecule has 1 saturated carbocycles. The number of ether oxygens (including phenoxy) is 3. The van der Waals surface area contributed by atoms with Crippen LogP contribution < -0.4 is 5.32 Å². The molecule has 5 aliphatic rings. The Morgan fingerprint density at radius 3 is 2.35 bits per heavy atom. The van der Waals surface area contributed by atoms with Gasteiger partial charge in [-0.05, 0) is 53.1 Å². The number of hydrogen-bond donors (Lipinski definition) is 2. The lowest BCUT2D eigenvalue weighted by atomic mass is 9.62. The smallest absolute Gasteiger partial charge is 0.327 e. The van der Waals surface area contributed by atoms with Crippen molar-refractivity contribution in [1.29, 1.82) is 0 Å². The Labute approximate surface area is 291 Å². The van der Waals surface area contributed by atoms with Crippen LogP contribution in [0.4, 0.5) is 0 Å². The first-order chi connectivity index (χ1) is 23.4. The van der Waals surface area contributed by atoms with Crippen molar-refractivity contribution in [3.63, 3.8) is 0 Å². The molecular formula is C36H36IN3O8. The largest absolute Gasteiger partial charge is 0.458 e. The number of fused-ring (bicyclic) bond motifs is 4. The van der Waals surface area contributed by atoms with Crippen LogP contribution in [0.5, 0.6) is 0 Å². The molecule has 0 spiro atoms. The molecule has 2 bridgehead atoms. The first-order valence-electron chi connectivity index (χ1n) is 16.4. The third-order valence-electron chi connectivity index (χ3n) is 10.3. The molecular weight excluding hydrogens is 729 g/mol. The summed E-state index contributed by atoms with van der Waals surface area (Å²) in [5.41, 5.74) is 1.02. The van der Waals surface area contributed by atoms with Crippen molar-refractivity contribution in [3.05, 3.63) is 105 Å². The lowest BCUT2D eigenvalue weighted by Gasteiger charge is -2.50. The van der Waals surface area contributed by atoms with Gasteiger partial charge in [-0.15, -0.1) is 0 Å². The zero-order valence-electron chi connectivity index (χ0n) is 26.1. The summed E-state index contributed by atoms with van der Waals surface area (Å²) >= 11 is 2.24. The van der Waals surface area contributed by atoms with Crippen LogP contribution in [0.1, 0.15) is 36.0 Å². The molecule has 48 heavy (non-hydrogen) atoms. The number of aliphatic hydroxyl groups is 1. The molecule has 4 heterocycles. The van der Waals surface area contributed by atoms with Crippen molar-refractivity contribution < 1.29 is 38.5 Å². The molecule has 0 radical (unpaired) electrons. The van der Waals surface area contributed by atoms with E-state index in [1.807, 2.05) is 84.9 Å². The highest BCUT2D eigenvalue weighted by molar-refractivity contribution is 14.1. The number of aliphatic hydroxyl groups excluding tert-OH is 1. The zero-order valence-corrected chi connectivity index (χ0v) is 28.2. The standard InChI is InChI=1S/C36H36IN3O8/c37-25-14-7-9-22(19-25)21-40-30-33(43)45-27-20-35(30,34(44)39-17-8-15-26(39)32(42)38-16-18-41)31(48-40)29-28(27)46-36(47-29,23-10-3-1-4-11-23)24-12-5-2-6-13-24/h1-7,9-14,19,26-31,41H,8,15-18,20-21H2,(H,38,42)/t26-,27-,28+,29+,30+,31-,35+/m1/s1. The quantitative estimate of drug-likeness (QED) is 0.263. The molecule has 11 nitrogen and oxygen atoms in total. The van der Waals surface area contributed by atoms with E-state index in [1.165, 1.54) is 0 Å². The van der Waals surface area contributed by atoms with Gasteiger partial charge in [0.1, 0.15) is 35.9 Å². The van der Waals surface area contributed by atoms with Gasteiger partial charge in [0.2, 0.25) is 17.6 Å². The fourth-order valence-electron chi connectivity index (χ4n) is 8.33. The van der Waals surface area contributed by atoms with Gasteiger partial charge in [-0.3, -0.25) is 19.2 Å². The van der Waals surface area contributed by atoms with Gasteiger partial charge in [0, 0.05) is 34.2 Å². The molecule has 3 aromatic rings. The molecule has 2 amide bonds. The van der Waals surface area contributed by atoms with E-state index in [0.717, 1.165) is 20.3 Å². The SMILES string of the molecule is O=C(NCCO)[C@H]1CCCN1C(=O)[C@@]12C[C@H]3OC(=O)[C@@H]1N(Cc1cccc(I)c1)O[C@@H]2[C@H]1OC(c2ccccc2)(c2ccccc2)O[C@H]13. The predicted molar refractivity (Wildman–Crippen MR) is 179 cm³/mol. The summed E-state index contributed by atoms with van der Waals surface area (Å²) in [6, 6.07) is 25.3. The van der Waals surface area contributed by atoms with Gasteiger partial charge >= 0.3 is 5.97 Å². The second kappa shape index (κ2) is 12.5. The Balaban J connectivity index is 1.24. The van der Waals surface area contributed by atoms with Crippen LogP contribution in [-0.4, -0.2) is 89.0 Å². The van der Waals surface area contributed by atoms with E-state index in [-0.39, 0.29) is 37.9 Å². The maximum atomic E-state index is 15.2. The summed E-state index contributed by atoms with van der Waals surface area (Å²) in [5.74, 6) is -2.57. The summed E-state index contributed by atoms with van der Waals surface area (Å²) in [6.07, 6.45) is -1.98. The van der Waals surface area contributed by atoms with Crippen LogP contribution in [0.2, 0.25) is 0 Å². The Bertz CT molecular complexity index is 1670. The number of amides is 2. The van der Waals surface area contributed by atoms with Crippen molar-refractivity contribution >= 4 is 40.4 Å². The molecule has 0 unspecified atom stereocenters. The molecule has 0 aromatic heterocycles. The number of carbonyl (C=O) groups is 3. The maximum Gasteiger partial charge on any atom is 0.327 e. The van der Waals surface area contributed by atoms with Crippen LogP contribution in [0.25, 0.3) is 0 Å². The Kier molecular flexibility index (Phi) is 8.28. The summed E-state index contributed by atoms with van der Waals surface area (Å²) < 4.78 is 21.2. The van der Waals surface area contributed by atoms with E-state index in [4.69, 9.17) is 19.0 Å². The topological polar surface area (TPSA) is 127 Å². The second-order valence-electron chi connectivity index (χ2n) is 13.0. The van der Waals surface area contributed by atoms with E-state index >= 15 is 4.79 Å². The summed E-state index contributed by atoms with van der Waals surface area (Å²) in [6.45, 7) is 0.469. The summed E-state index contributed by atoms with van der Waals surface area (Å²) in [7, 11) is 0. The normalized spacial score (nSPS) is 31.7. The average Bonchev–Trinajstić information content (AvgIpc) is 3.84. The van der Waals surface area contributed by atoms with Gasteiger partial charge in [0.05, 0.1) is 13.2 Å². The number of hydrogen-bond acceptors (Lipinski definition) is 9. The van der Waals surface area contributed by atoms with Crippen molar-refractivity contribution in [3.8, 4) is 0 Å². The van der Waals surface area contributed by atoms with Gasteiger partial charge in [-0.25, -0.2) is 0 Å². The molecule has 5 fully saturated rings. The van der Waals surface area contributed by atoms with Crippen LogP contribution in [-0.2, 0) is 45.8 Å². The van der Waals surface area contributed by atoms with Gasteiger partial charge < -0.3 is 29.5 Å². The third kappa shape index (κ3) is 4.99. The van der Waals surface area contributed by atoms with E-state index < -0.39 is 53.7 Å². The number of carbonyl (C=O) groups excluding carboxylic acids is 3. The average molecular weight is 766 g/mol. The lowest BCUT2D eigenvalue weighted by molar-refractivity contribution is -0.214. The molecule has 8 rings (SSSR count). The molecule has 2 N–H and O–H groups in total. The highest BCUT2D eigenvalue weighted by Crippen LogP contribution is 2.60. The van der Waals surface area contributed by atoms with Crippen LogP contribution in [0.15, 0.2) is 84.9 Å². The Hall–Kier alpha value is -3.40. The van der Waals surface area contributed by atoms with Crippen LogP contribution in [0, 0.1) is 8.99 Å². The van der Waals surface area contributed by atoms with E-state index in [0.29, 0.717) is 19.4 Å².